The molecule has 4 nitrogen and oxygen atoms in total. The van der Waals surface area contributed by atoms with Gasteiger partial charge >= 0.3 is 0 Å². The molecule has 0 atom stereocenters. The van der Waals surface area contributed by atoms with E-state index in [1.807, 2.05) is 19.1 Å². The lowest BCUT2D eigenvalue weighted by Gasteiger charge is -2.06. The summed E-state index contributed by atoms with van der Waals surface area (Å²) < 4.78 is 0. The number of nitrogens with two attached hydrogens (primary N) is 1. The van der Waals surface area contributed by atoms with Gasteiger partial charge in [-0.1, -0.05) is 35.0 Å². The average Bonchev–Trinajstić information content (AvgIpc) is 2.76. The molecule has 6 heteroatoms. The van der Waals surface area contributed by atoms with Crippen LogP contribution in [0.15, 0.2) is 24.3 Å². The monoisotopic (exact) mass is 321 g/mol. The third kappa shape index (κ3) is 4.02. The van der Waals surface area contributed by atoms with Gasteiger partial charge in [-0.3, -0.25) is 4.79 Å². The van der Waals surface area contributed by atoms with E-state index >= 15 is 0 Å². The van der Waals surface area contributed by atoms with Gasteiger partial charge in [-0.15, -0.1) is 0 Å². The second kappa shape index (κ2) is 6.68. The Morgan fingerprint density at radius 3 is 2.71 bits per heavy atom. The van der Waals surface area contributed by atoms with E-state index < -0.39 is 0 Å². The molecule has 0 saturated heterocycles. The maximum absolute atomic E-state index is 12.1. The second-order valence-corrected chi connectivity index (χ2v) is 5.18. The number of aromatic nitrogens is 1. The molecule has 0 aliphatic rings. The summed E-state index contributed by atoms with van der Waals surface area (Å²) in [6, 6.07) is 7.02. The lowest BCUT2D eigenvalue weighted by atomic mass is 10.1. The number of halogens is 2. The number of rotatable bonds is 2. The Morgan fingerprint density at radius 1 is 1.33 bits per heavy atom. The molecule has 1 aromatic carbocycles. The summed E-state index contributed by atoms with van der Waals surface area (Å²) in [6.45, 7) is 2.21. The van der Waals surface area contributed by atoms with Crippen molar-refractivity contribution in [3.63, 3.8) is 0 Å². The van der Waals surface area contributed by atoms with Crippen LogP contribution in [0.4, 0.5) is 5.69 Å². The highest BCUT2D eigenvalue weighted by Gasteiger charge is 2.12. The van der Waals surface area contributed by atoms with Crippen molar-refractivity contribution in [1.82, 2.24) is 4.98 Å². The number of hydrogen-bond donors (Lipinski definition) is 3. The fraction of sp³-hybridized carbons (Fsp3) is 0.133. The van der Waals surface area contributed by atoms with Gasteiger partial charge in [0.15, 0.2) is 0 Å². The number of benzene rings is 1. The summed E-state index contributed by atoms with van der Waals surface area (Å²) >= 11 is 11.6. The van der Waals surface area contributed by atoms with Gasteiger partial charge in [-0.05, 0) is 36.8 Å². The molecule has 0 aliphatic heterocycles. The van der Waals surface area contributed by atoms with Gasteiger partial charge in [0.25, 0.3) is 5.91 Å². The third-order valence-electron chi connectivity index (χ3n) is 2.64. The standard InChI is InChI=1S/C15H13Cl2N3O/c1-9-5-10(3-2-4-18)7-11(6-9)19-15(21)13-8-12(16)14(17)20-13/h5-8,20H,4,18H2,1H3,(H,19,21). The van der Waals surface area contributed by atoms with Crippen molar-refractivity contribution >= 4 is 34.8 Å². The van der Waals surface area contributed by atoms with Gasteiger partial charge in [0.05, 0.1) is 11.6 Å². The first-order valence-electron chi connectivity index (χ1n) is 6.15. The predicted molar refractivity (Wildman–Crippen MR) is 85.9 cm³/mol. The fourth-order valence-electron chi connectivity index (χ4n) is 1.81. The fourth-order valence-corrected chi connectivity index (χ4v) is 2.12. The molecule has 21 heavy (non-hydrogen) atoms. The van der Waals surface area contributed by atoms with Crippen LogP contribution in [0.1, 0.15) is 21.6 Å². The Bertz CT molecular complexity index is 722. The Kier molecular flexibility index (Phi) is 4.92. The molecule has 1 heterocycles. The maximum atomic E-state index is 12.1. The van der Waals surface area contributed by atoms with Crippen LogP contribution >= 0.6 is 23.2 Å². The molecule has 1 aromatic heterocycles. The van der Waals surface area contributed by atoms with E-state index in [4.69, 9.17) is 28.9 Å². The number of aryl methyl sites for hydroxylation is 1. The number of hydrogen-bond acceptors (Lipinski definition) is 2. The Labute approximate surface area is 132 Å². The topological polar surface area (TPSA) is 70.9 Å². The van der Waals surface area contributed by atoms with Crippen molar-refractivity contribution in [3.8, 4) is 11.8 Å². The molecule has 2 aromatic rings. The van der Waals surface area contributed by atoms with Gasteiger partial charge in [0.2, 0.25) is 0 Å². The molecule has 1 amide bonds. The smallest absolute Gasteiger partial charge is 0.272 e. The highest BCUT2D eigenvalue weighted by molar-refractivity contribution is 6.41. The average molecular weight is 322 g/mol. The molecule has 4 N–H and O–H groups in total. The number of carbonyl (C=O) groups is 1. The normalized spacial score (nSPS) is 9.90. The summed E-state index contributed by atoms with van der Waals surface area (Å²) in [5, 5.41) is 3.31. The van der Waals surface area contributed by atoms with Crippen molar-refractivity contribution in [2.24, 2.45) is 5.73 Å². The lowest BCUT2D eigenvalue weighted by molar-refractivity contribution is 0.102. The number of H-pyrrole nitrogens is 1. The minimum absolute atomic E-state index is 0.237. The van der Waals surface area contributed by atoms with E-state index in [0.29, 0.717) is 16.4 Å². The minimum Gasteiger partial charge on any atom is -0.340 e. The van der Waals surface area contributed by atoms with Gasteiger partial charge in [0, 0.05) is 11.3 Å². The molecule has 2 rings (SSSR count). The second-order valence-electron chi connectivity index (χ2n) is 4.39. The first-order chi connectivity index (χ1) is 9.99. The van der Waals surface area contributed by atoms with Gasteiger partial charge < -0.3 is 16.0 Å². The number of anilines is 1. The van der Waals surface area contributed by atoms with Crippen LogP contribution in [0.25, 0.3) is 0 Å². The lowest BCUT2D eigenvalue weighted by Crippen LogP contribution is -2.12. The molecular formula is C15H13Cl2N3O. The van der Waals surface area contributed by atoms with E-state index in [1.54, 1.807) is 6.07 Å². The third-order valence-corrected chi connectivity index (χ3v) is 3.33. The molecule has 108 valence electrons. The van der Waals surface area contributed by atoms with Gasteiger partial charge in [-0.2, -0.15) is 0 Å². The number of amides is 1. The van der Waals surface area contributed by atoms with Gasteiger partial charge in [-0.25, -0.2) is 0 Å². The quantitative estimate of drug-likeness (QED) is 0.743. The van der Waals surface area contributed by atoms with E-state index in [9.17, 15) is 4.79 Å². The first-order valence-corrected chi connectivity index (χ1v) is 6.91. The van der Waals surface area contributed by atoms with Gasteiger partial charge in [0.1, 0.15) is 10.8 Å². The Morgan fingerprint density at radius 2 is 2.10 bits per heavy atom. The summed E-state index contributed by atoms with van der Waals surface area (Å²) in [5.74, 6) is 5.39. The molecule has 0 spiro atoms. The van der Waals surface area contributed by atoms with Crippen molar-refractivity contribution < 1.29 is 4.79 Å². The Balaban J connectivity index is 2.22. The molecule has 0 unspecified atom stereocenters. The molecule has 0 saturated carbocycles. The zero-order chi connectivity index (χ0) is 15.4. The van der Waals surface area contributed by atoms with Crippen LogP contribution < -0.4 is 11.1 Å². The van der Waals surface area contributed by atoms with E-state index in [2.05, 4.69) is 22.1 Å². The van der Waals surface area contributed by atoms with Crippen LogP contribution in [0.3, 0.4) is 0 Å². The SMILES string of the molecule is Cc1cc(C#CCN)cc(NC(=O)c2cc(Cl)c(Cl)[nH]2)c1. The predicted octanol–water partition coefficient (Wildman–Crippen LogP) is 3.19. The largest absolute Gasteiger partial charge is 0.340 e. The van der Waals surface area contributed by atoms with Crippen LogP contribution in [0, 0.1) is 18.8 Å². The summed E-state index contributed by atoms with van der Waals surface area (Å²) in [6.07, 6.45) is 0. The molecule has 0 radical (unpaired) electrons. The molecule has 0 fully saturated rings. The highest BCUT2D eigenvalue weighted by Crippen LogP contribution is 2.22. The van der Waals surface area contributed by atoms with Crippen LogP contribution in [-0.4, -0.2) is 17.4 Å². The summed E-state index contributed by atoms with van der Waals surface area (Å²) in [7, 11) is 0. The number of carbonyl (C=O) groups excluding carboxylic acids is 1. The van der Waals surface area contributed by atoms with E-state index in [1.165, 1.54) is 6.07 Å². The van der Waals surface area contributed by atoms with Crippen molar-refractivity contribution in [2.75, 3.05) is 11.9 Å². The van der Waals surface area contributed by atoms with Crippen LogP contribution in [-0.2, 0) is 0 Å². The maximum Gasteiger partial charge on any atom is 0.272 e. The van der Waals surface area contributed by atoms with Crippen molar-refractivity contribution in [2.45, 2.75) is 6.92 Å². The van der Waals surface area contributed by atoms with Crippen molar-refractivity contribution in [1.29, 1.82) is 0 Å². The minimum atomic E-state index is -0.327. The highest BCUT2D eigenvalue weighted by atomic mass is 35.5. The zero-order valence-electron chi connectivity index (χ0n) is 11.3. The molecule has 0 aliphatic carbocycles. The first kappa shape index (κ1) is 15.5. The van der Waals surface area contributed by atoms with Crippen molar-refractivity contribution in [3.05, 3.63) is 51.3 Å². The summed E-state index contributed by atoms with van der Waals surface area (Å²) in [5.41, 5.74) is 8.06. The molecular weight excluding hydrogens is 309 g/mol. The van der Waals surface area contributed by atoms with E-state index in [0.717, 1.165) is 11.1 Å². The number of nitrogens with one attached hydrogen (secondary N) is 2. The van der Waals surface area contributed by atoms with Crippen LogP contribution in [0.5, 0.6) is 0 Å². The molecule has 0 bridgehead atoms. The van der Waals surface area contributed by atoms with E-state index in [-0.39, 0.29) is 17.6 Å². The summed E-state index contributed by atoms with van der Waals surface area (Å²) in [4.78, 5) is 14.8. The zero-order valence-corrected chi connectivity index (χ0v) is 12.8. The number of aromatic amines is 1. The van der Waals surface area contributed by atoms with Crippen LogP contribution in [0.2, 0.25) is 10.2 Å². The Hall–Kier alpha value is -1.93.